The summed E-state index contributed by atoms with van der Waals surface area (Å²) in [5, 5.41) is 18.7. The first-order valence-electron chi connectivity index (χ1n) is 4.38. The van der Waals surface area contributed by atoms with Gasteiger partial charge < -0.3 is 15.3 Å². The lowest BCUT2D eigenvalue weighted by Crippen LogP contribution is -2.44. The Morgan fingerprint density at radius 2 is 2.15 bits per heavy atom. The SMILES string of the molecule is OCc1nc(N2CCNCC2)n[nH]1. The van der Waals surface area contributed by atoms with Crippen LogP contribution in [0.3, 0.4) is 0 Å². The fourth-order valence-electron chi connectivity index (χ4n) is 1.36. The second-order valence-corrected chi connectivity index (χ2v) is 2.98. The van der Waals surface area contributed by atoms with Crippen LogP contribution in [0.4, 0.5) is 5.95 Å². The molecule has 3 N–H and O–H groups in total. The number of aromatic amines is 1. The van der Waals surface area contributed by atoms with Crippen LogP contribution in [-0.4, -0.2) is 46.5 Å². The molecule has 2 rings (SSSR count). The molecule has 1 aromatic rings. The molecule has 2 heterocycles. The van der Waals surface area contributed by atoms with Crippen LogP contribution in [0.15, 0.2) is 0 Å². The predicted molar refractivity (Wildman–Crippen MR) is 47.4 cm³/mol. The third-order valence-electron chi connectivity index (χ3n) is 2.07. The molecule has 0 atom stereocenters. The summed E-state index contributed by atoms with van der Waals surface area (Å²) in [6.07, 6.45) is 0. The van der Waals surface area contributed by atoms with Gasteiger partial charge in [-0.3, -0.25) is 5.10 Å². The largest absolute Gasteiger partial charge is 0.388 e. The van der Waals surface area contributed by atoms with E-state index in [9.17, 15) is 0 Å². The van der Waals surface area contributed by atoms with Crippen molar-refractivity contribution < 1.29 is 5.11 Å². The second-order valence-electron chi connectivity index (χ2n) is 2.98. The average molecular weight is 183 g/mol. The third kappa shape index (κ3) is 1.78. The monoisotopic (exact) mass is 183 g/mol. The Bertz CT molecular complexity index is 268. The molecule has 6 heteroatoms. The molecule has 1 fully saturated rings. The van der Waals surface area contributed by atoms with Gasteiger partial charge in [-0.15, -0.1) is 5.10 Å². The van der Waals surface area contributed by atoms with E-state index >= 15 is 0 Å². The van der Waals surface area contributed by atoms with Crippen LogP contribution in [0.25, 0.3) is 0 Å². The number of hydrogen-bond acceptors (Lipinski definition) is 5. The summed E-state index contributed by atoms with van der Waals surface area (Å²) in [6.45, 7) is 3.68. The zero-order valence-corrected chi connectivity index (χ0v) is 7.32. The van der Waals surface area contributed by atoms with Crippen LogP contribution in [0, 0.1) is 0 Å². The zero-order valence-electron chi connectivity index (χ0n) is 7.32. The quantitative estimate of drug-likeness (QED) is 0.531. The first-order chi connectivity index (χ1) is 6.40. The number of hydrogen-bond donors (Lipinski definition) is 3. The summed E-state index contributed by atoms with van der Waals surface area (Å²) < 4.78 is 0. The standard InChI is InChI=1S/C7H13N5O/c13-5-6-9-7(11-10-6)12-3-1-8-2-4-12/h8,13H,1-5H2,(H,9,10,11). The highest BCUT2D eigenvalue weighted by Crippen LogP contribution is 2.07. The van der Waals surface area contributed by atoms with Gasteiger partial charge in [0.05, 0.1) is 0 Å². The molecule has 0 bridgehead atoms. The lowest BCUT2D eigenvalue weighted by Gasteiger charge is -2.25. The normalized spacial score (nSPS) is 17.8. The van der Waals surface area contributed by atoms with Crippen molar-refractivity contribution in [1.29, 1.82) is 0 Å². The van der Waals surface area contributed by atoms with E-state index < -0.39 is 0 Å². The number of rotatable bonds is 2. The molecule has 0 unspecified atom stereocenters. The second kappa shape index (κ2) is 3.71. The number of H-pyrrole nitrogens is 1. The van der Waals surface area contributed by atoms with Gasteiger partial charge in [0, 0.05) is 26.2 Å². The first kappa shape index (κ1) is 8.46. The first-order valence-corrected chi connectivity index (χ1v) is 4.38. The van der Waals surface area contributed by atoms with Gasteiger partial charge in [-0.25, -0.2) is 0 Å². The smallest absolute Gasteiger partial charge is 0.244 e. The number of aliphatic hydroxyl groups is 1. The van der Waals surface area contributed by atoms with E-state index in [1.807, 2.05) is 0 Å². The van der Waals surface area contributed by atoms with E-state index in [1.165, 1.54) is 0 Å². The van der Waals surface area contributed by atoms with Crippen molar-refractivity contribution in [2.75, 3.05) is 31.1 Å². The highest BCUT2D eigenvalue weighted by Gasteiger charge is 2.14. The molecule has 0 radical (unpaired) electrons. The van der Waals surface area contributed by atoms with E-state index in [4.69, 9.17) is 5.11 Å². The maximum atomic E-state index is 8.78. The zero-order chi connectivity index (χ0) is 9.10. The minimum atomic E-state index is -0.0842. The summed E-state index contributed by atoms with van der Waals surface area (Å²) in [4.78, 5) is 6.22. The van der Waals surface area contributed by atoms with Crippen LogP contribution in [0.2, 0.25) is 0 Å². The van der Waals surface area contributed by atoms with Crippen molar-refractivity contribution in [3.05, 3.63) is 5.82 Å². The summed E-state index contributed by atoms with van der Waals surface area (Å²) in [5.74, 6) is 1.21. The number of nitrogens with one attached hydrogen (secondary N) is 2. The van der Waals surface area contributed by atoms with Gasteiger partial charge in [-0.2, -0.15) is 4.98 Å². The van der Waals surface area contributed by atoms with E-state index in [0.717, 1.165) is 26.2 Å². The Kier molecular flexibility index (Phi) is 2.42. The van der Waals surface area contributed by atoms with Gasteiger partial charge in [0.25, 0.3) is 0 Å². The molecule has 0 saturated carbocycles. The maximum Gasteiger partial charge on any atom is 0.244 e. The molecule has 0 aliphatic carbocycles. The molecule has 0 amide bonds. The Labute approximate surface area is 76.0 Å². The van der Waals surface area contributed by atoms with Crippen molar-refractivity contribution in [2.45, 2.75) is 6.61 Å². The molecule has 0 spiro atoms. The summed E-state index contributed by atoms with van der Waals surface area (Å²) in [7, 11) is 0. The van der Waals surface area contributed by atoms with Crippen molar-refractivity contribution in [3.63, 3.8) is 0 Å². The van der Waals surface area contributed by atoms with Gasteiger partial charge in [-0.05, 0) is 0 Å². The summed E-state index contributed by atoms with van der Waals surface area (Å²) in [5.41, 5.74) is 0. The van der Waals surface area contributed by atoms with Crippen LogP contribution < -0.4 is 10.2 Å². The molecular formula is C7H13N5O. The van der Waals surface area contributed by atoms with E-state index in [1.54, 1.807) is 0 Å². The molecule has 0 aromatic carbocycles. The minimum Gasteiger partial charge on any atom is -0.388 e. The highest BCUT2D eigenvalue weighted by atomic mass is 16.3. The van der Waals surface area contributed by atoms with Gasteiger partial charge >= 0.3 is 0 Å². The van der Waals surface area contributed by atoms with Gasteiger partial charge in [0.1, 0.15) is 6.61 Å². The highest BCUT2D eigenvalue weighted by molar-refractivity contribution is 5.29. The molecule has 6 nitrogen and oxygen atoms in total. The third-order valence-corrected chi connectivity index (χ3v) is 2.07. The predicted octanol–water partition coefficient (Wildman–Crippen LogP) is -1.29. The van der Waals surface area contributed by atoms with E-state index in [-0.39, 0.29) is 6.61 Å². The van der Waals surface area contributed by atoms with E-state index in [0.29, 0.717) is 11.8 Å². The van der Waals surface area contributed by atoms with Crippen molar-refractivity contribution in [2.24, 2.45) is 0 Å². The minimum absolute atomic E-state index is 0.0842. The Morgan fingerprint density at radius 1 is 1.38 bits per heavy atom. The van der Waals surface area contributed by atoms with Crippen LogP contribution in [-0.2, 0) is 6.61 Å². The fraction of sp³-hybridized carbons (Fsp3) is 0.714. The lowest BCUT2D eigenvalue weighted by molar-refractivity contribution is 0.272. The average Bonchev–Trinajstić information content (AvgIpc) is 2.67. The molecule has 1 saturated heterocycles. The van der Waals surface area contributed by atoms with Gasteiger partial charge in [0.15, 0.2) is 5.82 Å². The molecule has 13 heavy (non-hydrogen) atoms. The lowest BCUT2D eigenvalue weighted by atomic mass is 10.4. The summed E-state index contributed by atoms with van der Waals surface area (Å²) >= 11 is 0. The fourth-order valence-corrected chi connectivity index (χ4v) is 1.36. The maximum absolute atomic E-state index is 8.78. The molecule has 1 aromatic heterocycles. The number of piperazine rings is 1. The van der Waals surface area contributed by atoms with Crippen molar-refractivity contribution in [1.82, 2.24) is 20.5 Å². The number of aromatic nitrogens is 3. The van der Waals surface area contributed by atoms with Crippen LogP contribution in [0.1, 0.15) is 5.82 Å². The Hall–Kier alpha value is -1.14. The van der Waals surface area contributed by atoms with Gasteiger partial charge in [-0.1, -0.05) is 0 Å². The number of anilines is 1. The Balaban J connectivity index is 2.05. The molecule has 72 valence electrons. The summed E-state index contributed by atoms with van der Waals surface area (Å²) in [6, 6.07) is 0. The number of nitrogens with zero attached hydrogens (tertiary/aromatic N) is 3. The van der Waals surface area contributed by atoms with Crippen molar-refractivity contribution in [3.8, 4) is 0 Å². The molecule has 1 aliphatic heterocycles. The van der Waals surface area contributed by atoms with Crippen LogP contribution in [0.5, 0.6) is 0 Å². The molecular weight excluding hydrogens is 170 g/mol. The van der Waals surface area contributed by atoms with E-state index in [2.05, 4.69) is 25.4 Å². The van der Waals surface area contributed by atoms with Gasteiger partial charge in [0.2, 0.25) is 5.95 Å². The number of aliphatic hydroxyl groups excluding tert-OH is 1. The molecule has 1 aliphatic rings. The topological polar surface area (TPSA) is 77.1 Å². The van der Waals surface area contributed by atoms with Crippen molar-refractivity contribution >= 4 is 5.95 Å². The Morgan fingerprint density at radius 3 is 2.77 bits per heavy atom. The van der Waals surface area contributed by atoms with Crippen LogP contribution >= 0.6 is 0 Å².